The molecule has 0 saturated heterocycles. The van der Waals surface area contributed by atoms with Crippen molar-refractivity contribution >= 4 is 0 Å². The van der Waals surface area contributed by atoms with E-state index in [1.54, 1.807) is 0 Å². The van der Waals surface area contributed by atoms with Crippen LogP contribution in [0.3, 0.4) is 0 Å². The molecule has 2 heteroatoms. The molecule has 2 rings (SSSR count). The standard InChI is InChI=1S/C10H20N2/c1-7-3-4-8-9(2,6-11)10(8,12)5-7/h7-8H,3-6,11-12H2,1-2H3. The molecule has 0 amide bonds. The van der Waals surface area contributed by atoms with Crippen LogP contribution in [0.1, 0.15) is 33.1 Å². The van der Waals surface area contributed by atoms with Crippen molar-refractivity contribution in [3.63, 3.8) is 0 Å². The Bertz CT molecular complexity index is 204. The summed E-state index contributed by atoms with van der Waals surface area (Å²) in [4.78, 5) is 0. The van der Waals surface area contributed by atoms with E-state index in [0.29, 0.717) is 5.92 Å². The first-order valence-electron chi connectivity index (χ1n) is 5.03. The van der Waals surface area contributed by atoms with Gasteiger partial charge in [0.05, 0.1) is 0 Å². The van der Waals surface area contributed by atoms with E-state index in [9.17, 15) is 0 Å². The SMILES string of the molecule is CC1CCC2C(C)(CN)C2(N)C1. The molecule has 0 radical (unpaired) electrons. The second-order valence-corrected chi connectivity index (χ2v) is 5.10. The first kappa shape index (κ1) is 8.52. The smallest absolute Gasteiger partial charge is 0.0261 e. The molecule has 4 atom stereocenters. The lowest BCUT2D eigenvalue weighted by Crippen LogP contribution is -2.36. The third-order valence-electron chi connectivity index (χ3n) is 4.43. The summed E-state index contributed by atoms with van der Waals surface area (Å²) in [5.41, 5.74) is 12.5. The van der Waals surface area contributed by atoms with Gasteiger partial charge in [0.2, 0.25) is 0 Å². The Morgan fingerprint density at radius 2 is 2.08 bits per heavy atom. The lowest BCUT2D eigenvalue weighted by Gasteiger charge is -2.24. The molecule has 2 saturated carbocycles. The highest BCUT2D eigenvalue weighted by atomic mass is 15.0. The van der Waals surface area contributed by atoms with Gasteiger partial charge in [-0.3, -0.25) is 0 Å². The van der Waals surface area contributed by atoms with Crippen LogP contribution in [0.4, 0.5) is 0 Å². The largest absolute Gasteiger partial charge is 0.330 e. The molecule has 0 spiro atoms. The van der Waals surface area contributed by atoms with Gasteiger partial charge in [-0.05, 0) is 31.2 Å². The molecule has 4 N–H and O–H groups in total. The summed E-state index contributed by atoms with van der Waals surface area (Å²) >= 11 is 0. The quantitative estimate of drug-likeness (QED) is 0.616. The van der Waals surface area contributed by atoms with Crippen molar-refractivity contribution in [3.05, 3.63) is 0 Å². The summed E-state index contributed by atoms with van der Waals surface area (Å²) in [6.07, 6.45) is 3.83. The summed E-state index contributed by atoms with van der Waals surface area (Å²) in [5, 5.41) is 0. The van der Waals surface area contributed by atoms with Gasteiger partial charge in [0.15, 0.2) is 0 Å². The van der Waals surface area contributed by atoms with Crippen molar-refractivity contribution in [2.75, 3.05) is 6.54 Å². The van der Waals surface area contributed by atoms with Crippen LogP contribution in [-0.4, -0.2) is 12.1 Å². The maximum absolute atomic E-state index is 6.35. The van der Waals surface area contributed by atoms with Gasteiger partial charge in [0, 0.05) is 11.0 Å². The molecule has 2 aliphatic rings. The molecular formula is C10H20N2. The van der Waals surface area contributed by atoms with E-state index < -0.39 is 0 Å². The zero-order valence-electron chi connectivity index (χ0n) is 8.14. The fourth-order valence-corrected chi connectivity index (χ4v) is 3.31. The maximum Gasteiger partial charge on any atom is 0.0261 e. The summed E-state index contributed by atoms with van der Waals surface area (Å²) in [7, 11) is 0. The molecule has 70 valence electrons. The highest BCUT2D eigenvalue weighted by Gasteiger charge is 2.71. The minimum Gasteiger partial charge on any atom is -0.330 e. The molecule has 2 nitrogen and oxygen atoms in total. The summed E-state index contributed by atoms with van der Waals surface area (Å²) < 4.78 is 0. The zero-order valence-corrected chi connectivity index (χ0v) is 8.14. The number of nitrogens with two attached hydrogens (primary N) is 2. The Labute approximate surface area is 74.7 Å². The van der Waals surface area contributed by atoms with Crippen molar-refractivity contribution in [1.82, 2.24) is 0 Å². The highest BCUT2D eigenvalue weighted by Crippen LogP contribution is 2.66. The Morgan fingerprint density at radius 1 is 1.42 bits per heavy atom. The van der Waals surface area contributed by atoms with Gasteiger partial charge in [-0.25, -0.2) is 0 Å². The van der Waals surface area contributed by atoms with Crippen molar-refractivity contribution in [3.8, 4) is 0 Å². The minimum atomic E-state index is 0.0966. The van der Waals surface area contributed by atoms with Crippen LogP contribution in [0.15, 0.2) is 0 Å². The Hall–Kier alpha value is -0.0800. The molecule has 0 aromatic heterocycles. The van der Waals surface area contributed by atoms with Crippen LogP contribution >= 0.6 is 0 Å². The maximum atomic E-state index is 6.35. The Morgan fingerprint density at radius 3 is 2.58 bits per heavy atom. The van der Waals surface area contributed by atoms with Crippen LogP contribution in [-0.2, 0) is 0 Å². The van der Waals surface area contributed by atoms with E-state index in [2.05, 4.69) is 13.8 Å². The molecule has 0 aromatic carbocycles. The molecule has 0 aromatic rings. The normalized spacial score (nSPS) is 58.0. The van der Waals surface area contributed by atoms with E-state index >= 15 is 0 Å². The molecule has 0 heterocycles. The van der Waals surface area contributed by atoms with E-state index in [1.165, 1.54) is 19.3 Å². The number of rotatable bonds is 1. The molecule has 4 unspecified atom stereocenters. The van der Waals surface area contributed by atoms with Crippen molar-refractivity contribution in [1.29, 1.82) is 0 Å². The lowest BCUT2D eigenvalue weighted by molar-refractivity contribution is 0.328. The van der Waals surface area contributed by atoms with Gasteiger partial charge in [-0.1, -0.05) is 20.3 Å². The third-order valence-corrected chi connectivity index (χ3v) is 4.43. The van der Waals surface area contributed by atoms with Gasteiger partial charge >= 0.3 is 0 Å². The van der Waals surface area contributed by atoms with Crippen molar-refractivity contribution in [2.45, 2.75) is 38.6 Å². The van der Waals surface area contributed by atoms with Gasteiger partial charge in [0.25, 0.3) is 0 Å². The number of fused-ring (bicyclic) bond motifs is 1. The van der Waals surface area contributed by atoms with Crippen LogP contribution in [0.25, 0.3) is 0 Å². The second-order valence-electron chi connectivity index (χ2n) is 5.10. The van der Waals surface area contributed by atoms with E-state index in [0.717, 1.165) is 12.5 Å². The summed E-state index contributed by atoms with van der Waals surface area (Å²) in [6, 6.07) is 0. The highest BCUT2D eigenvalue weighted by molar-refractivity contribution is 5.26. The van der Waals surface area contributed by atoms with E-state index in [-0.39, 0.29) is 11.0 Å². The molecule has 0 bridgehead atoms. The number of hydrogen-bond acceptors (Lipinski definition) is 2. The molecular weight excluding hydrogens is 148 g/mol. The van der Waals surface area contributed by atoms with E-state index in [1.807, 2.05) is 0 Å². The van der Waals surface area contributed by atoms with Gasteiger partial charge < -0.3 is 11.5 Å². The molecule has 0 aliphatic heterocycles. The van der Waals surface area contributed by atoms with Gasteiger partial charge in [-0.2, -0.15) is 0 Å². The Kier molecular flexibility index (Phi) is 1.59. The van der Waals surface area contributed by atoms with Gasteiger partial charge in [-0.15, -0.1) is 0 Å². The molecule has 2 aliphatic carbocycles. The summed E-state index contributed by atoms with van der Waals surface area (Å²) in [5.74, 6) is 1.52. The molecule has 2 fully saturated rings. The third kappa shape index (κ3) is 0.775. The molecule has 12 heavy (non-hydrogen) atoms. The zero-order chi connectivity index (χ0) is 8.98. The summed E-state index contributed by atoms with van der Waals surface area (Å²) in [6.45, 7) is 5.33. The minimum absolute atomic E-state index is 0.0966. The monoisotopic (exact) mass is 168 g/mol. The average Bonchev–Trinajstić information content (AvgIpc) is 2.49. The Balaban J connectivity index is 2.17. The first-order valence-corrected chi connectivity index (χ1v) is 5.03. The second kappa shape index (κ2) is 2.24. The predicted octanol–water partition coefficient (Wildman–Crippen LogP) is 1.10. The van der Waals surface area contributed by atoms with Crippen LogP contribution in [0.2, 0.25) is 0 Å². The first-order chi connectivity index (χ1) is 5.54. The lowest BCUT2D eigenvalue weighted by atomic mass is 9.87. The van der Waals surface area contributed by atoms with Crippen molar-refractivity contribution < 1.29 is 0 Å². The fraction of sp³-hybridized carbons (Fsp3) is 1.00. The number of hydrogen-bond donors (Lipinski definition) is 2. The van der Waals surface area contributed by atoms with Crippen LogP contribution < -0.4 is 11.5 Å². The predicted molar refractivity (Wildman–Crippen MR) is 50.6 cm³/mol. The van der Waals surface area contributed by atoms with Crippen LogP contribution in [0.5, 0.6) is 0 Å². The topological polar surface area (TPSA) is 52.0 Å². The average molecular weight is 168 g/mol. The van der Waals surface area contributed by atoms with Gasteiger partial charge in [0.1, 0.15) is 0 Å². The van der Waals surface area contributed by atoms with Crippen molar-refractivity contribution in [2.24, 2.45) is 28.7 Å². The fourth-order valence-electron chi connectivity index (χ4n) is 3.31. The van der Waals surface area contributed by atoms with Crippen LogP contribution in [0, 0.1) is 17.3 Å². The van der Waals surface area contributed by atoms with E-state index in [4.69, 9.17) is 11.5 Å².